The predicted octanol–water partition coefficient (Wildman–Crippen LogP) is 1.59. The van der Waals surface area contributed by atoms with Gasteiger partial charge < -0.3 is 14.2 Å². The van der Waals surface area contributed by atoms with E-state index in [4.69, 9.17) is 14.2 Å². The number of nitrogens with one attached hydrogen (secondary N) is 2. The Bertz CT molecular complexity index is 948. The minimum atomic E-state index is -0.871. The van der Waals surface area contributed by atoms with Gasteiger partial charge in [-0.25, -0.2) is 10.3 Å². The summed E-state index contributed by atoms with van der Waals surface area (Å²) in [6, 6.07) is 9.16. The van der Waals surface area contributed by atoms with Crippen molar-refractivity contribution in [1.29, 1.82) is 0 Å². The molecule has 9 heteroatoms. The number of hydrazine groups is 1. The van der Waals surface area contributed by atoms with Crippen molar-refractivity contribution in [2.75, 3.05) is 26.2 Å². The number of imide groups is 1. The lowest BCUT2D eigenvalue weighted by Gasteiger charge is -2.17. The van der Waals surface area contributed by atoms with Crippen LogP contribution in [-0.4, -0.2) is 45.1 Å². The molecule has 1 saturated heterocycles. The Morgan fingerprint density at radius 1 is 1.00 bits per heavy atom. The normalized spacial score (nSPS) is 15.9. The second-order valence-corrected chi connectivity index (χ2v) is 6.67. The molecule has 3 rings (SSSR count). The van der Waals surface area contributed by atoms with Gasteiger partial charge in [-0.05, 0) is 31.2 Å². The highest BCUT2D eigenvalue weighted by Crippen LogP contribution is 2.38. The van der Waals surface area contributed by atoms with Gasteiger partial charge in [0.25, 0.3) is 11.8 Å². The topological polar surface area (TPSA) is 106 Å². The number of carbonyl (C=O) groups is 3. The molecule has 2 N–H and O–H groups in total. The number of hydrogen-bond donors (Lipinski definition) is 2. The Morgan fingerprint density at radius 2 is 1.60 bits per heavy atom. The fourth-order valence-electron chi connectivity index (χ4n) is 3.15. The summed E-state index contributed by atoms with van der Waals surface area (Å²) >= 11 is 0. The minimum absolute atomic E-state index is 0.0672. The minimum Gasteiger partial charge on any atom is -0.493 e. The molecule has 9 nitrogen and oxygen atoms in total. The molecule has 1 fully saturated rings. The largest absolute Gasteiger partial charge is 0.493 e. The Kier molecular flexibility index (Phi) is 6.22. The van der Waals surface area contributed by atoms with Crippen LogP contribution in [0.15, 0.2) is 36.4 Å². The van der Waals surface area contributed by atoms with Crippen LogP contribution in [0.3, 0.4) is 0 Å². The third-order valence-corrected chi connectivity index (χ3v) is 4.73. The van der Waals surface area contributed by atoms with Gasteiger partial charge in [0.05, 0.1) is 33.4 Å². The first kappa shape index (κ1) is 21.1. The molecule has 1 aliphatic heterocycles. The van der Waals surface area contributed by atoms with E-state index in [9.17, 15) is 14.4 Å². The van der Waals surface area contributed by atoms with Crippen LogP contribution in [0, 0.1) is 6.92 Å². The van der Waals surface area contributed by atoms with Crippen LogP contribution in [0.25, 0.3) is 0 Å². The Labute approximate surface area is 173 Å². The first-order valence-electron chi connectivity index (χ1n) is 9.19. The molecular formula is C21H23N3O6. The molecule has 1 aliphatic rings. The monoisotopic (exact) mass is 413 g/mol. The molecule has 158 valence electrons. The molecule has 0 bridgehead atoms. The van der Waals surface area contributed by atoms with E-state index in [0.717, 1.165) is 10.5 Å². The lowest BCUT2D eigenvalue weighted by atomic mass is 10.1. The van der Waals surface area contributed by atoms with Gasteiger partial charge in [0.1, 0.15) is 6.04 Å². The zero-order valence-corrected chi connectivity index (χ0v) is 17.1. The van der Waals surface area contributed by atoms with E-state index in [1.54, 1.807) is 12.1 Å². The summed E-state index contributed by atoms with van der Waals surface area (Å²) < 4.78 is 15.7. The smallest absolute Gasteiger partial charge is 0.265 e. The van der Waals surface area contributed by atoms with E-state index in [1.165, 1.54) is 33.5 Å². The van der Waals surface area contributed by atoms with Crippen LogP contribution in [0.5, 0.6) is 17.2 Å². The SMILES string of the molecule is COc1cc(C(=O)NN[C@H]2CC(=O)N(c3ccc(C)cc3)C2=O)cc(OC)c1OC. The first-order chi connectivity index (χ1) is 14.4. The second kappa shape index (κ2) is 8.83. The average molecular weight is 413 g/mol. The first-order valence-corrected chi connectivity index (χ1v) is 9.19. The standard InChI is InChI=1S/C21H23N3O6/c1-12-5-7-14(8-6-12)24-18(25)11-15(21(24)27)22-23-20(26)13-9-16(28-2)19(30-4)17(10-13)29-3/h5-10,15,22H,11H2,1-4H3,(H,23,26)/t15-/m0/s1. The lowest BCUT2D eigenvalue weighted by molar-refractivity contribution is -0.121. The maximum Gasteiger partial charge on any atom is 0.265 e. The van der Waals surface area contributed by atoms with Gasteiger partial charge in [-0.1, -0.05) is 17.7 Å². The van der Waals surface area contributed by atoms with Crippen molar-refractivity contribution in [3.8, 4) is 17.2 Å². The van der Waals surface area contributed by atoms with Crippen molar-refractivity contribution in [3.63, 3.8) is 0 Å². The molecule has 0 aromatic heterocycles. The molecule has 0 radical (unpaired) electrons. The Hall–Kier alpha value is -3.59. The Balaban J connectivity index is 1.71. The van der Waals surface area contributed by atoms with Crippen molar-refractivity contribution < 1.29 is 28.6 Å². The second-order valence-electron chi connectivity index (χ2n) is 6.67. The van der Waals surface area contributed by atoms with Gasteiger partial charge in [-0.15, -0.1) is 0 Å². The van der Waals surface area contributed by atoms with Crippen molar-refractivity contribution in [3.05, 3.63) is 47.5 Å². The third-order valence-electron chi connectivity index (χ3n) is 4.73. The van der Waals surface area contributed by atoms with E-state index in [-0.39, 0.29) is 17.9 Å². The quantitative estimate of drug-likeness (QED) is 0.524. The molecule has 0 unspecified atom stereocenters. The van der Waals surface area contributed by atoms with Crippen molar-refractivity contribution >= 4 is 23.4 Å². The molecule has 0 aliphatic carbocycles. The number of methoxy groups -OCH3 is 3. The number of benzene rings is 2. The van der Waals surface area contributed by atoms with Crippen LogP contribution >= 0.6 is 0 Å². The van der Waals surface area contributed by atoms with Gasteiger partial charge in [0.15, 0.2) is 11.5 Å². The highest BCUT2D eigenvalue weighted by atomic mass is 16.5. The molecule has 1 atom stereocenters. The number of amides is 3. The van der Waals surface area contributed by atoms with Gasteiger partial charge in [-0.2, -0.15) is 0 Å². The number of carbonyl (C=O) groups excluding carboxylic acids is 3. The summed E-state index contributed by atoms with van der Waals surface area (Å²) in [7, 11) is 4.35. The third kappa shape index (κ3) is 4.06. The fourth-order valence-corrected chi connectivity index (χ4v) is 3.15. The zero-order valence-electron chi connectivity index (χ0n) is 17.1. The van der Waals surface area contributed by atoms with Gasteiger partial charge in [0, 0.05) is 5.56 Å². The molecule has 30 heavy (non-hydrogen) atoms. The number of nitrogens with zero attached hydrogens (tertiary/aromatic N) is 1. The molecule has 3 amide bonds. The van der Waals surface area contributed by atoms with Gasteiger partial charge >= 0.3 is 0 Å². The molecule has 1 heterocycles. The molecule has 0 spiro atoms. The van der Waals surface area contributed by atoms with E-state index in [0.29, 0.717) is 22.9 Å². The van der Waals surface area contributed by atoms with Crippen LogP contribution in [0.1, 0.15) is 22.3 Å². The molecule has 2 aromatic rings. The zero-order chi connectivity index (χ0) is 21.8. The highest BCUT2D eigenvalue weighted by molar-refractivity contribution is 6.22. The maximum atomic E-state index is 12.7. The maximum absolute atomic E-state index is 12.7. The molecule has 0 saturated carbocycles. The van der Waals surface area contributed by atoms with Crippen LogP contribution in [0.4, 0.5) is 5.69 Å². The summed E-state index contributed by atoms with van der Waals surface area (Å²) in [5.41, 5.74) is 6.86. The summed E-state index contributed by atoms with van der Waals surface area (Å²) in [5.74, 6) is -0.310. The van der Waals surface area contributed by atoms with Crippen LogP contribution in [-0.2, 0) is 9.59 Å². The van der Waals surface area contributed by atoms with Gasteiger partial charge in [-0.3, -0.25) is 19.8 Å². The average Bonchev–Trinajstić information content (AvgIpc) is 3.04. The van der Waals surface area contributed by atoms with E-state index in [2.05, 4.69) is 10.9 Å². The van der Waals surface area contributed by atoms with Crippen molar-refractivity contribution in [2.45, 2.75) is 19.4 Å². The number of anilines is 1. The van der Waals surface area contributed by atoms with E-state index in [1.807, 2.05) is 19.1 Å². The number of hydrogen-bond acceptors (Lipinski definition) is 7. The van der Waals surface area contributed by atoms with E-state index >= 15 is 0 Å². The number of aryl methyl sites for hydroxylation is 1. The molecule has 2 aromatic carbocycles. The molecular weight excluding hydrogens is 390 g/mol. The summed E-state index contributed by atoms with van der Waals surface area (Å²) in [5, 5.41) is 0. The number of rotatable bonds is 7. The lowest BCUT2D eigenvalue weighted by Crippen LogP contribution is -2.48. The Morgan fingerprint density at radius 3 is 2.13 bits per heavy atom. The van der Waals surface area contributed by atoms with Crippen LogP contribution < -0.4 is 30.0 Å². The predicted molar refractivity (Wildman–Crippen MR) is 109 cm³/mol. The summed E-state index contributed by atoms with van der Waals surface area (Å²) in [4.78, 5) is 38.7. The summed E-state index contributed by atoms with van der Waals surface area (Å²) in [6.07, 6.45) is -0.0672. The van der Waals surface area contributed by atoms with Gasteiger partial charge in [0.2, 0.25) is 11.7 Å². The van der Waals surface area contributed by atoms with Crippen LogP contribution in [0.2, 0.25) is 0 Å². The van der Waals surface area contributed by atoms with Crippen molar-refractivity contribution in [1.82, 2.24) is 10.9 Å². The number of ether oxygens (including phenoxy) is 3. The summed E-state index contributed by atoms with van der Waals surface area (Å²) in [6.45, 7) is 1.92. The fraction of sp³-hybridized carbons (Fsp3) is 0.286. The van der Waals surface area contributed by atoms with Crippen molar-refractivity contribution in [2.24, 2.45) is 0 Å². The van der Waals surface area contributed by atoms with E-state index < -0.39 is 17.9 Å². The highest BCUT2D eigenvalue weighted by Gasteiger charge is 2.39.